The van der Waals surface area contributed by atoms with Crippen LogP contribution in [-0.4, -0.2) is 28.5 Å². The largest absolute Gasteiger partial charge is 0.481 e. The number of hydrogen-bond acceptors (Lipinski definition) is 4. The summed E-state index contributed by atoms with van der Waals surface area (Å²) in [7, 11) is 0. The van der Waals surface area contributed by atoms with E-state index in [1.807, 2.05) is 43.3 Å². The Balaban J connectivity index is 1.67. The lowest BCUT2D eigenvalue weighted by Gasteiger charge is -2.08. The first-order valence-corrected chi connectivity index (χ1v) is 9.67. The molecule has 0 unspecified atom stereocenters. The van der Waals surface area contributed by atoms with Crippen LogP contribution in [0.1, 0.15) is 41.6 Å². The van der Waals surface area contributed by atoms with Gasteiger partial charge < -0.3 is 14.8 Å². The van der Waals surface area contributed by atoms with Crippen molar-refractivity contribution in [1.82, 2.24) is 10.3 Å². The lowest BCUT2D eigenvalue weighted by Crippen LogP contribution is -2.25. The Morgan fingerprint density at radius 3 is 2.55 bits per heavy atom. The summed E-state index contributed by atoms with van der Waals surface area (Å²) >= 11 is 0. The second-order valence-electron chi connectivity index (χ2n) is 6.90. The molecule has 3 rings (SSSR count). The molecule has 1 heterocycles. The fourth-order valence-corrected chi connectivity index (χ4v) is 2.99. The summed E-state index contributed by atoms with van der Waals surface area (Å²) in [5.74, 6) is 0.0502. The minimum absolute atomic E-state index is 0.157. The van der Waals surface area contributed by atoms with Crippen molar-refractivity contribution in [2.24, 2.45) is 0 Å². The summed E-state index contributed by atoms with van der Waals surface area (Å²) in [6, 6.07) is 15.2. The number of nitrogens with one attached hydrogen (secondary N) is 1. The van der Waals surface area contributed by atoms with E-state index in [2.05, 4.69) is 10.3 Å². The molecule has 2 aromatic carbocycles. The minimum Gasteiger partial charge on any atom is -0.481 e. The smallest absolute Gasteiger partial charge is 0.303 e. The highest BCUT2D eigenvalue weighted by Crippen LogP contribution is 2.28. The van der Waals surface area contributed by atoms with Crippen molar-refractivity contribution in [3.63, 3.8) is 0 Å². The van der Waals surface area contributed by atoms with Crippen LogP contribution in [-0.2, 0) is 4.79 Å². The molecule has 0 aliphatic rings. The van der Waals surface area contributed by atoms with Crippen molar-refractivity contribution in [1.29, 1.82) is 0 Å². The Kier molecular flexibility index (Phi) is 6.79. The molecule has 3 aromatic rings. The zero-order valence-corrected chi connectivity index (χ0v) is 16.4. The molecule has 0 atom stereocenters. The van der Waals surface area contributed by atoms with Crippen molar-refractivity contribution >= 4 is 11.9 Å². The molecular formula is C23H24N2O4. The number of carbonyl (C=O) groups is 2. The molecule has 0 saturated heterocycles. The predicted molar refractivity (Wildman–Crippen MR) is 111 cm³/mol. The number of carbonyl (C=O) groups excluding carboxylic acids is 1. The van der Waals surface area contributed by atoms with E-state index in [-0.39, 0.29) is 12.3 Å². The van der Waals surface area contributed by atoms with Crippen LogP contribution in [0.15, 0.2) is 59.1 Å². The molecule has 6 nitrogen and oxygen atoms in total. The molecule has 2 N–H and O–H groups in total. The van der Waals surface area contributed by atoms with Gasteiger partial charge in [0.1, 0.15) is 0 Å². The maximum absolute atomic E-state index is 12.6. The summed E-state index contributed by atoms with van der Waals surface area (Å²) in [6.45, 7) is 2.52. The highest BCUT2D eigenvalue weighted by molar-refractivity contribution is 6.00. The van der Waals surface area contributed by atoms with E-state index < -0.39 is 5.97 Å². The van der Waals surface area contributed by atoms with Gasteiger partial charge in [-0.2, -0.15) is 0 Å². The number of aryl methyl sites for hydroxylation is 1. The van der Waals surface area contributed by atoms with Gasteiger partial charge in [0.15, 0.2) is 5.76 Å². The van der Waals surface area contributed by atoms with E-state index in [4.69, 9.17) is 9.52 Å². The Bertz CT molecular complexity index is 977. The average molecular weight is 392 g/mol. The predicted octanol–water partition coefficient (Wildman–Crippen LogP) is 4.69. The number of unbranched alkanes of at least 4 members (excludes halogenated alkanes) is 2. The van der Waals surface area contributed by atoms with Crippen molar-refractivity contribution in [2.75, 3.05) is 6.54 Å². The Hall–Kier alpha value is -3.41. The fourth-order valence-electron chi connectivity index (χ4n) is 2.99. The zero-order valence-electron chi connectivity index (χ0n) is 16.4. The lowest BCUT2D eigenvalue weighted by atomic mass is 10.1. The number of aliphatic carboxylic acids is 1. The topological polar surface area (TPSA) is 92.4 Å². The average Bonchev–Trinajstić information content (AvgIpc) is 3.21. The number of hydrogen-bond donors (Lipinski definition) is 2. The number of amides is 1. The molecule has 0 spiro atoms. The van der Waals surface area contributed by atoms with Crippen LogP contribution in [0.25, 0.3) is 22.8 Å². The maximum atomic E-state index is 12.6. The first kappa shape index (κ1) is 20.3. The Labute approximate surface area is 169 Å². The standard InChI is InChI=1S/C23H24N2O4/c1-16-10-12-17(13-11-16)20-15-25-23(29-20)19-8-5-4-7-18(19)22(28)24-14-6-2-3-9-21(26)27/h4-5,7-8,10-13,15H,2-3,6,9,14H2,1H3,(H,24,28)(H,26,27). The number of aromatic nitrogens is 1. The maximum Gasteiger partial charge on any atom is 0.303 e. The number of carboxylic acid groups (broad SMARTS) is 1. The van der Waals surface area contributed by atoms with Crippen LogP contribution < -0.4 is 5.32 Å². The highest BCUT2D eigenvalue weighted by Gasteiger charge is 2.16. The fraction of sp³-hybridized carbons (Fsp3) is 0.261. The van der Waals surface area contributed by atoms with Crippen molar-refractivity contribution in [3.8, 4) is 22.8 Å². The third-order valence-corrected chi connectivity index (χ3v) is 4.60. The van der Waals surface area contributed by atoms with Crippen molar-refractivity contribution in [2.45, 2.75) is 32.6 Å². The van der Waals surface area contributed by atoms with Crippen LogP contribution in [0, 0.1) is 6.92 Å². The molecule has 0 bridgehead atoms. The van der Waals surface area contributed by atoms with Gasteiger partial charge in [-0.15, -0.1) is 0 Å². The van der Waals surface area contributed by atoms with Crippen LogP contribution >= 0.6 is 0 Å². The molecule has 1 amide bonds. The van der Waals surface area contributed by atoms with Gasteiger partial charge in [0.25, 0.3) is 5.91 Å². The first-order chi connectivity index (χ1) is 14.0. The Morgan fingerprint density at radius 2 is 1.79 bits per heavy atom. The second kappa shape index (κ2) is 9.68. The molecule has 29 heavy (non-hydrogen) atoms. The number of rotatable bonds is 9. The quantitative estimate of drug-likeness (QED) is 0.515. The van der Waals surface area contributed by atoms with Gasteiger partial charge in [0.05, 0.1) is 11.8 Å². The van der Waals surface area contributed by atoms with Gasteiger partial charge in [0.2, 0.25) is 5.89 Å². The van der Waals surface area contributed by atoms with E-state index in [1.54, 1.807) is 18.3 Å². The van der Waals surface area contributed by atoms with Gasteiger partial charge in [0, 0.05) is 24.1 Å². The van der Waals surface area contributed by atoms with E-state index in [1.165, 1.54) is 5.56 Å². The highest BCUT2D eigenvalue weighted by atomic mass is 16.4. The van der Waals surface area contributed by atoms with Crippen LogP contribution in [0.4, 0.5) is 0 Å². The molecular weight excluding hydrogens is 368 g/mol. The second-order valence-corrected chi connectivity index (χ2v) is 6.90. The molecule has 0 saturated carbocycles. The SMILES string of the molecule is Cc1ccc(-c2cnc(-c3ccccc3C(=O)NCCCCCC(=O)O)o2)cc1. The summed E-state index contributed by atoms with van der Waals surface area (Å²) in [5, 5.41) is 11.5. The summed E-state index contributed by atoms with van der Waals surface area (Å²) in [6.07, 6.45) is 3.92. The van der Waals surface area contributed by atoms with E-state index >= 15 is 0 Å². The Morgan fingerprint density at radius 1 is 1.03 bits per heavy atom. The molecule has 0 aliphatic heterocycles. The number of oxazole rings is 1. The number of benzene rings is 2. The normalized spacial score (nSPS) is 10.7. The third-order valence-electron chi connectivity index (χ3n) is 4.60. The van der Waals surface area contributed by atoms with Gasteiger partial charge in [-0.25, -0.2) is 4.98 Å². The summed E-state index contributed by atoms with van der Waals surface area (Å²) in [5.41, 5.74) is 3.22. The van der Waals surface area contributed by atoms with E-state index in [0.29, 0.717) is 35.7 Å². The number of carboxylic acids is 1. The minimum atomic E-state index is -0.793. The lowest BCUT2D eigenvalue weighted by molar-refractivity contribution is -0.137. The molecule has 0 aliphatic carbocycles. The molecule has 0 radical (unpaired) electrons. The van der Waals surface area contributed by atoms with Crippen molar-refractivity contribution in [3.05, 3.63) is 65.9 Å². The zero-order chi connectivity index (χ0) is 20.6. The first-order valence-electron chi connectivity index (χ1n) is 9.67. The van der Waals surface area contributed by atoms with E-state index in [0.717, 1.165) is 18.4 Å². The van der Waals surface area contributed by atoms with E-state index in [9.17, 15) is 9.59 Å². The molecule has 1 aromatic heterocycles. The van der Waals surface area contributed by atoms with Gasteiger partial charge in [-0.05, 0) is 31.9 Å². The molecule has 0 fully saturated rings. The summed E-state index contributed by atoms with van der Waals surface area (Å²) < 4.78 is 5.92. The van der Waals surface area contributed by atoms with Crippen molar-refractivity contribution < 1.29 is 19.1 Å². The molecule has 150 valence electrons. The van der Waals surface area contributed by atoms with Gasteiger partial charge >= 0.3 is 5.97 Å². The van der Waals surface area contributed by atoms with Gasteiger partial charge in [-0.3, -0.25) is 9.59 Å². The molecule has 6 heteroatoms. The van der Waals surface area contributed by atoms with Gasteiger partial charge in [-0.1, -0.05) is 48.4 Å². The third kappa shape index (κ3) is 5.54. The van der Waals surface area contributed by atoms with Crippen LogP contribution in [0.5, 0.6) is 0 Å². The van der Waals surface area contributed by atoms with Crippen LogP contribution in [0.2, 0.25) is 0 Å². The number of nitrogens with zero attached hydrogens (tertiary/aromatic N) is 1. The summed E-state index contributed by atoms with van der Waals surface area (Å²) in [4.78, 5) is 27.5. The van der Waals surface area contributed by atoms with Crippen LogP contribution in [0.3, 0.4) is 0 Å². The monoisotopic (exact) mass is 392 g/mol.